The Morgan fingerprint density at radius 2 is 2.00 bits per heavy atom. The number of rotatable bonds is 4. The molecule has 0 aliphatic carbocycles. The molecule has 0 fully saturated rings. The lowest BCUT2D eigenvalue weighted by Crippen LogP contribution is -2.16. The summed E-state index contributed by atoms with van der Waals surface area (Å²) in [6.07, 6.45) is 0.399. The standard InChI is InChI=1S/C6H8Cl4O/c7-3-5(9)6(10)4(8)1-2-11/h3-4,6,11H,1-2H2. The second kappa shape index (κ2) is 6.38. The van der Waals surface area contributed by atoms with Crippen LogP contribution in [-0.2, 0) is 0 Å². The van der Waals surface area contributed by atoms with Gasteiger partial charge in [0.05, 0.1) is 10.8 Å². The fourth-order valence-electron chi connectivity index (χ4n) is 0.503. The van der Waals surface area contributed by atoms with Crippen LogP contribution in [0.2, 0.25) is 0 Å². The molecule has 11 heavy (non-hydrogen) atoms. The second-order valence-corrected chi connectivity index (χ2v) is 3.61. The van der Waals surface area contributed by atoms with E-state index in [1.54, 1.807) is 0 Å². The Balaban J connectivity index is 3.91. The Morgan fingerprint density at radius 3 is 2.36 bits per heavy atom. The zero-order valence-corrected chi connectivity index (χ0v) is 8.63. The molecule has 0 radical (unpaired) electrons. The highest BCUT2D eigenvalue weighted by molar-refractivity contribution is 6.43. The lowest BCUT2D eigenvalue weighted by Gasteiger charge is -2.12. The van der Waals surface area contributed by atoms with E-state index in [0.717, 1.165) is 0 Å². The maximum Gasteiger partial charge on any atom is 0.0865 e. The lowest BCUT2D eigenvalue weighted by atomic mass is 10.2. The Labute approximate surface area is 85.9 Å². The van der Waals surface area contributed by atoms with E-state index in [2.05, 4.69) is 0 Å². The number of aliphatic hydroxyl groups excluding tert-OH is 1. The van der Waals surface area contributed by atoms with Gasteiger partial charge in [-0.15, -0.1) is 23.2 Å². The van der Waals surface area contributed by atoms with Gasteiger partial charge in [0.25, 0.3) is 0 Å². The van der Waals surface area contributed by atoms with Gasteiger partial charge in [-0.1, -0.05) is 23.2 Å². The molecule has 0 saturated heterocycles. The van der Waals surface area contributed by atoms with Gasteiger partial charge in [0.15, 0.2) is 0 Å². The fraction of sp³-hybridized carbons (Fsp3) is 0.667. The van der Waals surface area contributed by atoms with Crippen molar-refractivity contribution in [3.63, 3.8) is 0 Å². The van der Waals surface area contributed by atoms with Crippen molar-refractivity contribution in [2.45, 2.75) is 17.2 Å². The average molecular weight is 238 g/mol. The van der Waals surface area contributed by atoms with Crippen molar-refractivity contribution in [1.82, 2.24) is 0 Å². The summed E-state index contributed by atoms with van der Waals surface area (Å²) in [5.74, 6) is 0. The number of aliphatic hydroxyl groups is 1. The summed E-state index contributed by atoms with van der Waals surface area (Å²) in [6, 6.07) is 0. The van der Waals surface area contributed by atoms with Gasteiger partial charge in [0.1, 0.15) is 0 Å². The van der Waals surface area contributed by atoms with Crippen LogP contribution in [0.5, 0.6) is 0 Å². The van der Waals surface area contributed by atoms with E-state index in [0.29, 0.717) is 11.5 Å². The second-order valence-electron chi connectivity index (χ2n) is 1.92. The zero-order valence-electron chi connectivity index (χ0n) is 5.61. The maximum absolute atomic E-state index is 8.50. The minimum Gasteiger partial charge on any atom is -0.396 e. The van der Waals surface area contributed by atoms with Crippen LogP contribution >= 0.6 is 46.4 Å². The molecule has 0 rings (SSSR count). The largest absolute Gasteiger partial charge is 0.396 e. The van der Waals surface area contributed by atoms with E-state index in [9.17, 15) is 0 Å². The van der Waals surface area contributed by atoms with Gasteiger partial charge in [-0.2, -0.15) is 0 Å². The molecule has 0 amide bonds. The summed E-state index contributed by atoms with van der Waals surface area (Å²) >= 11 is 22.3. The molecule has 1 N–H and O–H groups in total. The Kier molecular flexibility index (Phi) is 6.88. The lowest BCUT2D eigenvalue weighted by molar-refractivity contribution is 0.286. The minimum atomic E-state index is -0.525. The van der Waals surface area contributed by atoms with Crippen molar-refractivity contribution in [3.8, 4) is 0 Å². The molecule has 0 spiro atoms. The molecule has 66 valence electrons. The third kappa shape index (κ3) is 4.44. The van der Waals surface area contributed by atoms with Crippen molar-refractivity contribution in [2.75, 3.05) is 6.61 Å². The molecule has 1 nitrogen and oxygen atoms in total. The van der Waals surface area contributed by atoms with E-state index >= 15 is 0 Å². The van der Waals surface area contributed by atoms with Gasteiger partial charge in [-0.3, -0.25) is 0 Å². The van der Waals surface area contributed by atoms with Crippen molar-refractivity contribution in [2.24, 2.45) is 0 Å². The smallest absolute Gasteiger partial charge is 0.0865 e. The molecule has 0 aromatic rings. The Hall–Kier alpha value is 0.860. The molecule has 0 aromatic carbocycles. The van der Waals surface area contributed by atoms with Gasteiger partial charge in [-0.05, 0) is 6.42 Å². The zero-order chi connectivity index (χ0) is 8.85. The summed E-state index contributed by atoms with van der Waals surface area (Å²) in [5, 5.41) is 7.88. The van der Waals surface area contributed by atoms with E-state index in [1.165, 1.54) is 5.54 Å². The van der Waals surface area contributed by atoms with Gasteiger partial charge in [-0.25, -0.2) is 0 Å². The molecular weight excluding hydrogens is 230 g/mol. The molecule has 2 unspecified atom stereocenters. The Bertz CT molecular complexity index is 137. The monoisotopic (exact) mass is 236 g/mol. The summed E-state index contributed by atoms with van der Waals surface area (Å²) in [4.78, 5) is 0. The molecule has 0 saturated carbocycles. The van der Waals surface area contributed by atoms with Crippen molar-refractivity contribution in [3.05, 3.63) is 10.6 Å². The predicted octanol–water partition coefficient (Wildman–Crippen LogP) is 2.90. The highest BCUT2D eigenvalue weighted by Gasteiger charge is 2.18. The fourth-order valence-corrected chi connectivity index (χ4v) is 1.34. The molecule has 2 atom stereocenters. The normalized spacial score (nSPS) is 18.1. The molecule has 0 aliphatic heterocycles. The van der Waals surface area contributed by atoms with Gasteiger partial charge in [0, 0.05) is 17.2 Å². The van der Waals surface area contributed by atoms with Crippen LogP contribution in [0, 0.1) is 0 Å². The maximum atomic E-state index is 8.50. The van der Waals surface area contributed by atoms with Crippen molar-refractivity contribution in [1.29, 1.82) is 0 Å². The van der Waals surface area contributed by atoms with Gasteiger partial charge < -0.3 is 5.11 Å². The summed E-state index contributed by atoms with van der Waals surface area (Å²) in [6.45, 7) is -0.0101. The van der Waals surface area contributed by atoms with Crippen LogP contribution in [-0.4, -0.2) is 22.5 Å². The van der Waals surface area contributed by atoms with Crippen LogP contribution in [0.25, 0.3) is 0 Å². The topological polar surface area (TPSA) is 20.2 Å². The van der Waals surface area contributed by atoms with Crippen LogP contribution in [0.1, 0.15) is 6.42 Å². The molecular formula is C6H8Cl4O. The third-order valence-corrected chi connectivity index (χ3v) is 3.03. The number of hydrogen-bond acceptors (Lipinski definition) is 1. The van der Waals surface area contributed by atoms with Crippen LogP contribution in [0.15, 0.2) is 10.6 Å². The van der Waals surface area contributed by atoms with Crippen LogP contribution in [0.4, 0.5) is 0 Å². The minimum absolute atomic E-state index is 0.0101. The number of alkyl halides is 2. The SMILES string of the molecule is OCCC(Cl)C(Cl)C(Cl)=CCl. The first-order valence-electron chi connectivity index (χ1n) is 2.98. The number of hydrogen-bond donors (Lipinski definition) is 1. The predicted molar refractivity (Wildman–Crippen MR) is 50.8 cm³/mol. The number of halogens is 4. The van der Waals surface area contributed by atoms with E-state index in [1.807, 2.05) is 0 Å². The van der Waals surface area contributed by atoms with Crippen LogP contribution < -0.4 is 0 Å². The first kappa shape index (κ1) is 11.9. The molecule has 5 heteroatoms. The highest BCUT2D eigenvalue weighted by atomic mass is 35.5. The quantitative estimate of drug-likeness (QED) is 0.746. The molecule has 0 bridgehead atoms. The average Bonchev–Trinajstić information content (AvgIpc) is 2.02. The highest BCUT2D eigenvalue weighted by Crippen LogP contribution is 2.24. The number of allylic oxidation sites excluding steroid dienone is 1. The van der Waals surface area contributed by atoms with E-state index < -0.39 is 5.38 Å². The van der Waals surface area contributed by atoms with Crippen molar-refractivity contribution < 1.29 is 5.11 Å². The van der Waals surface area contributed by atoms with Crippen LogP contribution in [0.3, 0.4) is 0 Å². The van der Waals surface area contributed by atoms with Gasteiger partial charge in [0.2, 0.25) is 0 Å². The summed E-state index contributed by atoms with van der Waals surface area (Å²) in [5.41, 5.74) is 1.17. The molecule has 0 aromatic heterocycles. The summed E-state index contributed by atoms with van der Waals surface area (Å²) in [7, 11) is 0. The van der Waals surface area contributed by atoms with E-state index in [4.69, 9.17) is 51.5 Å². The first-order valence-corrected chi connectivity index (χ1v) is 4.67. The van der Waals surface area contributed by atoms with Gasteiger partial charge >= 0.3 is 0 Å². The first-order chi connectivity index (χ1) is 5.13. The third-order valence-electron chi connectivity index (χ3n) is 1.09. The Morgan fingerprint density at radius 1 is 1.45 bits per heavy atom. The molecule has 0 aliphatic rings. The van der Waals surface area contributed by atoms with Crippen molar-refractivity contribution >= 4 is 46.4 Å². The molecule has 0 heterocycles. The van der Waals surface area contributed by atoms with E-state index in [-0.39, 0.29) is 12.0 Å². The summed E-state index contributed by atoms with van der Waals surface area (Å²) < 4.78 is 0.